The van der Waals surface area contributed by atoms with E-state index in [0.717, 1.165) is 16.7 Å². The number of fused-ring (bicyclic) bond motifs is 2. The van der Waals surface area contributed by atoms with Gasteiger partial charge >= 0.3 is 0 Å². The summed E-state index contributed by atoms with van der Waals surface area (Å²) in [5, 5.41) is 2.64. The fourth-order valence-electron chi connectivity index (χ4n) is 2.36. The fourth-order valence-corrected chi connectivity index (χ4v) is 2.36. The summed E-state index contributed by atoms with van der Waals surface area (Å²) in [6.45, 7) is 4.06. The van der Waals surface area contributed by atoms with Crippen LogP contribution in [0.3, 0.4) is 0 Å². The zero-order valence-corrected chi connectivity index (χ0v) is 12.8. The summed E-state index contributed by atoms with van der Waals surface area (Å²) in [6.07, 6.45) is 1.78. The minimum absolute atomic E-state index is 0.957. The van der Waals surface area contributed by atoms with Crippen LogP contribution in [0.15, 0.2) is 72.9 Å². The highest BCUT2D eigenvalue weighted by molar-refractivity contribution is 5.82. The second kappa shape index (κ2) is 6.35. The molecule has 22 heavy (non-hydrogen) atoms. The lowest BCUT2D eigenvalue weighted by Crippen LogP contribution is -1.85. The van der Waals surface area contributed by atoms with E-state index in [4.69, 9.17) is 0 Å². The zero-order valence-electron chi connectivity index (χ0n) is 12.8. The van der Waals surface area contributed by atoms with Crippen LogP contribution in [0, 0.1) is 13.8 Å². The molecule has 2 nitrogen and oxygen atoms in total. The summed E-state index contributed by atoms with van der Waals surface area (Å²) in [5.41, 5.74) is 4.21. The zero-order chi connectivity index (χ0) is 15.4. The van der Waals surface area contributed by atoms with Crippen LogP contribution < -0.4 is 0 Å². The van der Waals surface area contributed by atoms with Gasteiger partial charge in [0.2, 0.25) is 0 Å². The van der Waals surface area contributed by atoms with Crippen LogP contribution in [-0.4, -0.2) is 9.97 Å². The number of para-hydroxylation sites is 2. The van der Waals surface area contributed by atoms with E-state index in [2.05, 4.69) is 59.4 Å². The molecule has 0 unspecified atom stereocenters. The minimum Gasteiger partial charge on any atom is -0.253 e. The largest absolute Gasteiger partial charge is 0.253 e. The van der Waals surface area contributed by atoms with Crippen molar-refractivity contribution in [3.05, 3.63) is 84.2 Å². The lowest BCUT2D eigenvalue weighted by molar-refractivity contribution is 1.19. The van der Waals surface area contributed by atoms with Crippen molar-refractivity contribution >= 4 is 21.8 Å². The Labute approximate surface area is 130 Å². The van der Waals surface area contributed by atoms with E-state index in [-0.39, 0.29) is 0 Å². The smallest absolute Gasteiger partial charge is 0.0889 e. The van der Waals surface area contributed by atoms with E-state index in [1.807, 2.05) is 31.2 Å². The average molecular weight is 286 g/mol. The van der Waals surface area contributed by atoms with Gasteiger partial charge < -0.3 is 0 Å². The monoisotopic (exact) mass is 286 g/mol. The predicted octanol–water partition coefficient (Wildman–Crippen LogP) is 5.09. The molecule has 0 saturated heterocycles. The Bertz CT molecular complexity index is 836. The van der Waals surface area contributed by atoms with Gasteiger partial charge in [0, 0.05) is 6.20 Å². The second-order valence-electron chi connectivity index (χ2n) is 5.35. The van der Waals surface area contributed by atoms with Gasteiger partial charge in [-0.2, -0.15) is 0 Å². The third-order valence-electron chi connectivity index (χ3n) is 3.47. The molecule has 2 heteroatoms. The van der Waals surface area contributed by atoms with Crippen LogP contribution in [0.1, 0.15) is 11.3 Å². The molecule has 0 radical (unpaired) electrons. The minimum atomic E-state index is 0.957. The van der Waals surface area contributed by atoms with Gasteiger partial charge in [0.15, 0.2) is 0 Å². The van der Waals surface area contributed by atoms with E-state index >= 15 is 0 Å². The molecule has 4 rings (SSSR count). The van der Waals surface area contributed by atoms with Crippen molar-refractivity contribution in [1.82, 2.24) is 9.97 Å². The molecule has 0 spiro atoms. The first kappa shape index (κ1) is 14.2. The van der Waals surface area contributed by atoms with Crippen LogP contribution >= 0.6 is 0 Å². The molecule has 0 aliphatic rings. The van der Waals surface area contributed by atoms with Crippen LogP contribution in [-0.2, 0) is 0 Å². The summed E-state index contributed by atoms with van der Waals surface area (Å²) in [6, 6.07) is 22.8. The number of aryl methyl sites for hydroxylation is 2. The van der Waals surface area contributed by atoms with E-state index in [0.29, 0.717) is 0 Å². The molecule has 0 amide bonds. The molecular weight excluding hydrogens is 268 g/mol. The van der Waals surface area contributed by atoms with E-state index < -0.39 is 0 Å². The van der Waals surface area contributed by atoms with Gasteiger partial charge in [-0.25, -0.2) is 4.98 Å². The number of nitrogens with zero attached hydrogens (tertiary/aromatic N) is 2. The topological polar surface area (TPSA) is 25.8 Å². The Balaban J connectivity index is 0.000000131. The Morgan fingerprint density at radius 1 is 0.682 bits per heavy atom. The number of hydrogen-bond donors (Lipinski definition) is 0. The standard InChI is InChI=1S/C11H10.C9H8N2/c1-9-6-7-10-4-2-3-5-11(10)8-9;1-7-6-10-8-4-2-3-5-9(8)11-7/h2-8H,1H3;2-6H,1H3. The summed E-state index contributed by atoms with van der Waals surface area (Å²) in [5.74, 6) is 0. The SMILES string of the molecule is Cc1ccc2ccccc2c1.Cc1cnc2ccccc2n1. The number of rotatable bonds is 0. The van der Waals surface area contributed by atoms with Crippen molar-refractivity contribution in [3.8, 4) is 0 Å². The van der Waals surface area contributed by atoms with E-state index in [9.17, 15) is 0 Å². The highest BCUT2D eigenvalue weighted by Gasteiger charge is 1.92. The van der Waals surface area contributed by atoms with Crippen molar-refractivity contribution < 1.29 is 0 Å². The van der Waals surface area contributed by atoms with Crippen molar-refractivity contribution in [2.75, 3.05) is 0 Å². The van der Waals surface area contributed by atoms with Crippen LogP contribution in [0.25, 0.3) is 21.8 Å². The lowest BCUT2D eigenvalue weighted by Gasteiger charge is -1.96. The number of hydrogen-bond acceptors (Lipinski definition) is 2. The molecule has 1 heterocycles. The molecule has 0 N–H and O–H groups in total. The first-order chi connectivity index (χ1) is 10.7. The molecular formula is C20H18N2. The Kier molecular flexibility index (Phi) is 4.10. The van der Waals surface area contributed by atoms with Crippen LogP contribution in [0.4, 0.5) is 0 Å². The summed E-state index contributed by atoms with van der Waals surface area (Å²) < 4.78 is 0. The van der Waals surface area contributed by atoms with Gasteiger partial charge in [0.1, 0.15) is 0 Å². The van der Waals surface area contributed by atoms with Gasteiger partial charge in [-0.05, 0) is 36.8 Å². The third kappa shape index (κ3) is 3.29. The predicted molar refractivity (Wildman–Crippen MR) is 93.0 cm³/mol. The number of aromatic nitrogens is 2. The summed E-state index contributed by atoms with van der Waals surface area (Å²) >= 11 is 0. The second-order valence-corrected chi connectivity index (χ2v) is 5.35. The lowest BCUT2D eigenvalue weighted by atomic mass is 10.1. The summed E-state index contributed by atoms with van der Waals surface area (Å²) in [7, 11) is 0. The third-order valence-corrected chi connectivity index (χ3v) is 3.47. The molecule has 1 aromatic heterocycles. The maximum atomic E-state index is 4.31. The first-order valence-corrected chi connectivity index (χ1v) is 7.36. The van der Waals surface area contributed by atoms with Gasteiger partial charge in [-0.15, -0.1) is 0 Å². The molecule has 0 aliphatic carbocycles. The van der Waals surface area contributed by atoms with Crippen molar-refractivity contribution in [2.45, 2.75) is 13.8 Å². The fraction of sp³-hybridized carbons (Fsp3) is 0.100. The number of benzene rings is 3. The van der Waals surface area contributed by atoms with E-state index in [1.165, 1.54) is 16.3 Å². The molecule has 108 valence electrons. The molecule has 0 fully saturated rings. The van der Waals surface area contributed by atoms with Crippen LogP contribution in [0.5, 0.6) is 0 Å². The van der Waals surface area contributed by atoms with Gasteiger partial charge in [-0.1, -0.05) is 60.2 Å². The van der Waals surface area contributed by atoms with Crippen molar-refractivity contribution in [2.24, 2.45) is 0 Å². The first-order valence-electron chi connectivity index (χ1n) is 7.36. The quantitative estimate of drug-likeness (QED) is 0.450. The molecule has 0 bridgehead atoms. The van der Waals surface area contributed by atoms with Gasteiger partial charge in [0.05, 0.1) is 16.7 Å². The van der Waals surface area contributed by atoms with Gasteiger partial charge in [-0.3, -0.25) is 4.98 Å². The molecule has 0 atom stereocenters. The molecule has 0 saturated carbocycles. The normalized spacial score (nSPS) is 10.3. The van der Waals surface area contributed by atoms with Crippen molar-refractivity contribution in [3.63, 3.8) is 0 Å². The highest BCUT2D eigenvalue weighted by atomic mass is 14.8. The Morgan fingerprint density at radius 3 is 2.18 bits per heavy atom. The van der Waals surface area contributed by atoms with Crippen molar-refractivity contribution in [1.29, 1.82) is 0 Å². The Hall–Kier alpha value is -2.74. The van der Waals surface area contributed by atoms with Gasteiger partial charge in [0.25, 0.3) is 0 Å². The Morgan fingerprint density at radius 2 is 1.36 bits per heavy atom. The maximum absolute atomic E-state index is 4.31. The highest BCUT2D eigenvalue weighted by Crippen LogP contribution is 2.14. The maximum Gasteiger partial charge on any atom is 0.0889 e. The molecule has 4 aromatic rings. The average Bonchev–Trinajstić information content (AvgIpc) is 2.55. The van der Waals surface area contributed by atoms with E-state index in [1.54, 1.807) is 6.20 Å². The summed E-state index contributed by atoms with van der Waals surface area (Å²) in [4.78, 5) is 8.53. The molecule has 3 aromatic carbocycles. The molecule has 0 aliphatic heterocycles. The van der Waals surface area contributed by atoms with Crippen LogP contribution in [0.2, 0.25) is 0 Å².